The molecule has 2 N–H and O–H groups in total. The molecule has 0 spiro atoms. The number of amides is 2. The van der Waals surface area contributed by atoms with Gasteiger partial charge in [0, 0.05) is 44.4 Å². The average Bonchev–Trinajstić information content (AvgIpc) is 3.22. The van der Waals surface area contributed by atoms with Crippen LogP contribution in [-0.4, -0.2) is 45.9 Å². The summed E-state index contributed by atoms with van der Waals surface area (Å²) in [6, 6.07) is 4.69. The zero-order valence-electron chi connectivity index (χ0n) is 13.8. The number of hydrogen-bond donors (Lipinski definition) is 2. The third-order valence-corrected chi connectivity index (χ3v) is 3.92. The van der Waals surface area contributed by atoms with Crippen molar-refractivity contribution in [2.75, 3.05) is 13.1 Å². The van der Waals surface area contributed by atoms with Crippen molar-refractivity contribution >= 4 is 11.8 Å². The molecule has 8 heteroatoms. The highest BCUT2D eigenvalue weighted by Gasteiger charge is 2.29. The minimum atomic E-state index is -0.459. The standard InChI is InChI=1S/C17H19FN4O3/c1-11(23)20-9-13-7-14(2-4-19-13)25-15-3-5-22(10-15)17(24)16-6-12(18)8-21-16/h2,4,6-8,15,21H,3,5,9-10H2,1H3,(H,20,23). The lowest BCUT2D eigenvalue weighted by Gasteiger charge is -2.17. The van der Waals surface area contributed by atoms with Crippen LogP contribution in [0.4, 0.5) is 4.39 Å². The van der Waals surface area contributed by atoms with Crippen LogP contribution in [0.25, 0.3) is 0 Å². The first-order valence-corrected chi connectivity index (χ1v) is 8.00. The van der Waals surface area contributed by atoms with E-state index in [4.69, 9.17) is 4.74 Å². The molecule has 0 aliphatic carbocycles. The number of rotatable bonds is 5. The van der Waals surface area contributed by atoms with E-state index in [9.17, 15) is 14.0 Å². The average molecular weight is 346 g/mol. The van der Waals surface area contributed by atoms with Crippen molar-refractivity contribution in [1.82, 2.24) is 20.2 Å². The molecule has 1 atom stereocenters. The molecule has 2 amide bonds. The molecular formula is C17H19FN4O3. The zero-order chi connectivity index (χ0) is 17.8. The number of carbonyl (C=O) groups excluding carboxylic acids is 2. The number of nitrogens with one attached hydrogen (secondary N) is 2. The van der Waals surface area contributed by atoms with E-state index in [0.717, 1.165) is 6.20 Å². The first kappa shape index (κ1) is 16.9. The van der Waals surface area contributed by atoms with Crippen molar-refractivity contribution in [2.45, 2.75) is 26.0 Å². The Morgan fingerprint density at radius 2 is 2.32 bits per heavy atom. The van der Waals surface area contributed by atoms with E-state index < -0.39 is 5.82 Å². The summed E-state index contributed by atoms with van der Waals surface area (Å²) < 4.78 is 18.9. The maximum absolute atomic E-state index is 13.0. The molecule has 0 bridgehead atoms. The van der Waals surface area contributed by atoms with Crippen LogP contribution in [0, 0.1) is 5.82 Å². The second kappa shape index (κ2) is 7.33. The SMILES string of the molecule is CC(=O)NCc1cc(OC2CCN(C(=O)c3cc(F)c[nH]3)C2)ccn1. The molecule has 0 radical (unpaired) electrons. The lowest BCUT2D eigenvalue weighted by molar-refractivity contribution is -0.119. The van der Waals surface area contributed by atoms with Crippen LogP contribution in [0.5, 0.6) is 5.75 Å². The van der Waals surface area contributed by atoms with Crippen molar-refractivity contribution in [3.8, 4) is 5.75 Å². The van der Waals surface area contributed by atoms with E-state index in [1.165, 1.54) is 13.0 Å². The van der Waals surface area contributed by atoms with E-state index in [1.54, 1.807) is 23.2 Å². The normalized spacial score (nSPS) is 16.7. The first-order valence-electron chi connectivity index (χ1n) is 8.00. The number of ether oxygens (including phenoxy) is 1. The fraction of sp³-hybridized carbons (Fsp3) is 0.353. The maximum Gasteiger partial charge on any atom is 0.270 e. The molecule has 2 aromatic heterocycles. The first-order chi connectivity index (χ1) is 12.0. The second-order valence-corrected chi connectivity index (χ2v) is 5.90. The van der Waals surface area contributed by atoms with E-state index in [1.807, 2.05) is 0 Å². The van der Waals surface area contributed by atoms with Gasteiger partial charge in [-0.3, -0.25) is 14.6 Å². The minimum absolute atomic E-state index is 0.126. The lowest BCUT2D eigenvalue weighted by Crippen LogP contribution is -2.31. The minimum Gasteiger partial charge on any atom is -0.488 e. The van der Waals surface area contributed by atoms with Crippen LogP contribution in [0.1, 0.15) is 29.5 Å². The topological polar surface area (TPSA) is 87.3 Å². The van der Waals surface area contributed by atoms with Gasteiger partial charge in [-0.25, -0.2) is 4.39 Å². The van der Waals surface area contributed by atoms with Crippen LogP contribution in [0.3, 0.4) is 0 Å². The summed E-state index contributed by atoms with van der Waals surface area (Å²) in [7, 11) is 0. The van der Waals surface area contributed by atoms with Crippen molar-refractivity contribution < 1.29 is 18.7 Å². The highest BCUT2D eigenvalue weighted by atomic mass is 19.1. The highest BCUT2D eigenvalue weighted by molar-refractivity contribution is 5.92. The van der Waals surface area contributed by atoms with Gasteiger partial charge < -0.3 is 19.9 Å². The summed E-state index contributed by atoms with van der Waals surface area (Å²) in [4.78, 5) is 31.7. The van der Waals surface area contributed by atoms with Crippen LogP contribution in [-0.2, 0) is 11.3 Å². The maximum atomic E-state index is 13.0. The van der Waals surface area contributed by atoms with Crippen LogP contribution in [0.2, 0.25) is 0 Å². The number of carbonyl (C=O) groups is 2. The summed E-state index contributed by atoms with van der Waals surface area (Å²) in [6.45, 7) is 2.76. The lowest BCUT2D eigenvalue weighted by atomic mass is 10.3. The molecule has 1 fully saturated rings. The van der Waals surface area contributed by atoms with Gasteiger partial charge in [0.2, 0.25) is 5.91 Å². The molecule has 3 heterocycles. The van der Waals surface area contributed by atoms with Gasteiger partial charge in [0.05, 0.1) is 18.8 Å². The fourth-order valence-electron chi connectivity index (χ4n) is 2.70. The highest BCUT2D eigenvalue weighted by Crippen LogP contribution is 2.20. The smallest absolute Gasteiger partial charge is 0.270 e. The number of pyridine rings is 1. The molecule has 132 valence electrons. The predicted octanol–water partition coefficient (Wildman–Crippen LogP) is 1.48. The van der Waals surface area contributed by atoms with Crippen LogP contribution in [0.15, 0.2) is 30.6 Å². The van der Waals surface area contributed by atoms with Gasteiger partial charge in [0.25, 0.3) is 5.91 Å². The Morgan fingerprint density at radius 1 is 1.48 bits per heavy atom. The molecule has 2 aromatic rings. The fourth-order valence-corrected chi connectivity index (χ4v) is 2.70. The third-order valence-electron chi connectivity index (χ3n) is 3.92. The summed E-state index contributed by atoms with van der Waals surface area (Å²) in [5.74, 6) is -0.186. The summed E-state index contributed by atoms with van der Waals surface area (Å²) in [6.07, 6.45) is 3.33. The molecule has 7 nitrogen and oxygen atoms in total. The zero-order valence-corrected chi connectivity index (χ0v) is 13.8. The van der Waals surface area contributed by atoms with E-state index in [-0.39, 0.29) is 23.6 Å². The van der Waals surface area contributed by atoms with Crippen molar-refractivity contribution in [1.29, 1.82) is 0 Å². The predicted molar refractivity (Wildman–Crippen MR) is 87.4 cm³/mol. The Bertz CT molecular complexity index is 777. The molecule has 1 aliphatic rings. The molecule has 1 aliphatic heterocycles. The van der Waals surface area contributed by atoms with Gasteiger partial charge in [-0.15, -0.1) is 0 Å². The van der Waals surface area contributed by atoms with Crippen molar-refractivity contribution in [3.63, 3.8) is 0 Å². The number of hydrogen-bond acceptors (Lipinski definition) is 4. The Labute approximate surface area is 144 Å². The third kappa shape index (κ3) is 4.34. The van der Waals surface area contributed by atoms with Gasteiger partial charge in [0.1, 0.15) is 23.4 Å². The second-order valence-electron chi connectivity index (χ2n) is 5.90. The monoisotopic (exact) mass is 346 g/mol. The number of halogens is 1. The van der Waals surface area contributed by atoms with Crippen LogP contribution < -0.4 is 10.1 Å². The van der Waals surface area contributed by atoms with Crippen LogP contribution >= 0.6 is 0 Å². The Balaban J connectivity index is 1.57. The largest absolute Gasteiger partial charge is 0.488 e. The van der Waals surface area contributed by atoms with Crippen molar-refractivity contribution in [2.24, 2.45) is 0 Å². The quantitative estimate of drug-likeness (QED) is 0.858. The van der Waals surface area contributed by atoms with Gasteiger partial charge in [-0.05, 0) is 6.07 Å². The molecule has 3 rings (SSSR count). The molecule has 1 saturated heterocycles. The van der Waals surface area contributed by atoms with E-state index >= 15 is 0 Å². The Kier molecular flexibility index (Phi) is 4.97. The molecule has 0 saturated carbocycles. The number of H-pyrrole nitrogens is 1. The van der Waals surface area contributed by atoms with E-state index in [2.05, 4.69) is 15.3 Å². The molecule has 1 unspecified atom stereocenters. The number of nitrogens with zero attached hydrogens (tertiary/aromatic N) is 2. The number of aromatic amines is 1. The van der Waals surface area contributed by atoms with E-state index in [0.29, 0.717) is 37.5 Å². The van der Waals surface area contributed by atoms with Gasteiger partial charge in [-0.2, -0.15) is 0 Å². The molecule has 25 heavy (non-hydrogen) atoms. The summed E-state index contributed by atoms with van der Waals surface area (Å²) in [5, 5.41) is 2.68. The number of aromatic nitrogens is 2. The molecular weight excluding hydrogens is 327 g/mol. The van der Waals surface area contributed by atoms with Gasteiger partial charge >= 0.3 is 0 Å². The summed E-state index contributed by atoms with van der Waals surface area (Å²) >= 11 is 0. The van der Waals surface area contributed by atoms with Gasteiger partial charge in [0.15, 0.2) is 0 Å². The Hall–Kier alpha value is -2.90. The molecule has 0 aromatic carbocycles. The van der Waals surface area contributed by atoms with Crippen molar-refractivity contribution in [3.05, 3.63) is 47.8 Å². The Morgan fingerprint density at radius 3 is 3.04 bits per heavy atom. The summed E-state index contributed by atoms with van der Waals surface area (Å²) in [5.41, 5.74) is 0.931. The number of likely N-dealkylation sites (tertiary alicyclic amines) is 1. The van der Waals surface area contributed by atoms with Gasteiger partial charge in [-0.1, -0.05) is 0 Å².